The van der Waals surface area contributed by atoms with Gasteiger partial charge >= 0.3 is 0 Å². The van der Waals surface area contributed by atoms with Gasteiger partial charge in [0.05, 0.1) is 6.10 Å². The SMILES string of the molecule is CC(C)=CC(=O)C1=CCCC(C)O1. The molecule has 0 bridgehead atoms. The van der Waals surface area contributed by atoms with Crippen LogP contribution in [0.25, 0.3) is 0 Å². The Kier molecular flexibility index (Phi) is 3.29. The van der Waals surface area contributed by atoms with Crippen LogP contribution >= 0.6 is 0 Å². The molecule has 2 heteroatoms. The third kappa shape index (κ3) is 3.05. The molecule has 0 aromatic carbocycles. The largest absolute Gasteiger partial charge is 0.487 e. The van der Waals surface area contributed by atoms with Crippen molar-refractivity contribution in [3.63, 3.8) is 0 Å². The number of hydrogen-bond acceptors (Lipinski definition) is 2. The topological polar surface area (TPSA) is 26.3 Å². The van der Waals surface area contributed by atoms with Gasteiger partial charge in [-0.15, -0.1) is 0 Å². The van der Waals surface area contributed by atoms with Crippen LogP contribution in [0, 0.1) is 0 Å². The molecular formula is C11H16O2. The van der Waals surface area contributed by atoms with E-state index >= 15 is 0 Å². The van der Waals surface area contributed by atoms with E-state index in [1.165, 1.54) is 0 Å². The van der Waals surface area contributed by atoms with Crippen molar-refractivity contribution in [2.45, 2.75) is 39.7 Å². The normalized spacial score (nSPS) is 21.5. The minimum absolute atomic E-state index is 0.00782. The Morgan fingerprint density at radius 3 is 2.85 bits per heavy atom. The fourth-order valence-corrected chi connectivity index (χ4v) is 1.26. The number of hydrogen-bond donors (Lipinski definition) is 0. The molecule has 72 valence electrons. The van der Waals surface area contributed by atoms with Gasteiger partial charge in [-0.05, 0) is 45.8 Å². The molecule has 1 unspecified atom stereocenters. The molecule has 0 N–H and O–H groups in total. The minimum Gasteiger partial charge on any atom is -0.487 e. The van der Waals surface area contributed by atoms with Crippen molar-refractivity contribution >= 4 is 5.78 Å². The standard InChI is InChI=1S/C11H16O2/c1-8(2)7-10(12)11-6-4-5-9(3)13-11/h6-7,9H,4-5H2,1-3H3. The minimum atomic E-state index is -0.00782. The Morgan fingerprint density at radius 1 is 1.62 bits per heavy atom. The first kappa shape index (κ1) is 10.0. The Hall–Kier alpha value is -1.05. The lowest BCUT2D eigenvalue weighted by Gasteiger charge is -2.19. The smallest absolute Gasteiger partial charge is 0.219 e. The second kappa shape index (κ2) is 4.26. The average Bonchev–Trinajstić information content (AvgIpc) is 2.03. The van der Waals surface area contributed by atoms with E-state index in [4.69, 9.17) is 4.74 Å². The summed E-state index contributed by atoms with van der Waals surface area (Å²) >= 11 is 0. The second-order valence-electron chi connectivity index (χ2n) is 3.66. The van der Waals surface area contributed by atoms with Gasteiger partial charge in [-0.25, -0.2) is 0 Å². The van der Waals surface area contributed by atoms with Crippen LogP contribution in [0.1, 0.15) is 33.6 Å². The molecule has 0 amide bonds. The van der Waals surface area contributed by atoms with Crippen LogP contribution in [0.2, 0.25) is 0 Å². The zero-order valence-corrected chi connectivity index (χ0v) is 8.46. The molecular weight excluding hydrogens is 164 g/mol. The molecule has 2 nitrogen and oxygen atoms in total. The van der Waals surface area contributed by atoms with Crippen molar-refractivity contribution in [1.82, 2.24) is 0 Å². The Labute approximate surface area is 79.3 Å². The fraction of sp³-hybridized carbons (Fsp3) is 0.545. The molecule has 1 aliphatic heterocycles. The first-order valence-corrected chi connectivity index (χ1v) is 4.65. The number of allylic oxidation sites excluding steroid dienone is 3. The van der Waals surface area contributed by atoms with Crippen LogP contribution in [-0.2, 0) is 9.53 Å². The van der Waals surface area contributed by atoms with E-state index in [0.717, 1.165) is 18.4 Å². The maximum Gasteiger partial charge on any atom is 0.219 e. The molecule has 1 rings (SSSR count). The van der Waals surface area contributed by atoms with Crippen LogP contribution in [0.15, 0.2) is 23.5 Å². The Balaban J connectivity index is 2.67. The van der Waals surface area contributed by atoms with E-state index in [0.29, 0.717) is 5.76 Å². The summed E-state index contributed by atoms with van der Waals surface area (Å²) in [7, 11) is 0. The zero-order valence-electron chi connectivity index (χ0n) is 8.46. The molecule has 1 heterocycles. The molecule has 13 heavy (non-hydrogen) atoms. The van der Waals surface area contributed by atoms with E-state index < -0.39 is 0 Å². The van der Waals surface area contributed by atoms with E-state index in [1.54, 1.807) is 6.08 Å². The molecule has 0 radical (unpaired) electrons. The lowest BCUT2D eigenvalue weighted by atomic mass is 10.1. The highest BCUT2D eigenvalue weighted by Gasteiger charge is 2.15. The van der Waals surface area contributed by atoms with Gasteiger partial charge in [0.25, 0.3) is 0 Å². The predicted octanol–water partition coefficient (Wildman–Crippen LogP) is 2.60. The summed E-state index contributed by atoms with van der Waals surface area (Å²) in [4.78, 5) is 11.5. The highest BCUT2D eigenvalue weighted by Crippen LogP contribution is 2.17. The molecule has 0 aliphatic carbocycles. The third-order valence-corrected chi connectivity index (χ3v) is 1.89. The van der Waals surface area contributed by atoms with E-state index in [9.17, 15) is 4.79 Å². The molecule has 1 aliphatic rings. The quantitative estimate of drug-likeness (QED) is 0.610. The summed E-state index contributed by atoms with van der Waals surface area (Å²) in [6.07, 6.45) is 5.62. The lowest BCUT2D eigenvalue weighted by molar-refractivity contribution is -0.115. The van der Waals surface area contributed by atoms with Crippen LogP contribution in [0.4, 0.5) is 0 Å². The summed E-state index contributed by atoms with van der Waals surface area (Å²) in [6.45, 7) is 5.80. The molecule has 0 aromatic heterocycles. The maximum atomic E-state index is 11.5. The van der Waals surface area contributed by atoms with Gasteiger partial charge < -0.3 is 4.74 Å². The van der Waals surface area contributed by atoms with Crippen molar-refractivity contribution in [2.24, 2.45) is 0 Å². The first-order chi connectivity index (χ1) is 6.09. The van der Waals surface area contributed by atoms with Gasteiger partial charge in [-0.3, -0.25) is 4.79 Å². The van der Waals surface area contributed by atoms with Crippen LogP contribution in [0.3, 0.4) is 0 Å². The Bertz CT molecular complexity index is 257. The zero-order chi connectivity index (χ0) is 9.84. The maximum absolute atomic E-state index is 11.5. The lowest BCUT2D eigenvalue weighted by Crippen LogP contribution is -2.16. The summed E-state index contributed by atoms with van der Waals surface area (Å²) in [5.74, 6) is 0.506. The van der Waals surface area contributed by atoms with Gasteiger partial charge in [0, 0.05) is 0 Å². The summed E-state index contributed by atoms with van der Waals surface area (Å²) in [6, 6.07) is 0. The van der Waals surface area contributed by atoms with Gasteiger partial charge in [0.15, 0.2) is 5.76 Å². The third-order valence-electron chi connectivity index (χ3n) is 1.89. The highest BCUT2D eigenvalue weighted by atomic mass is 16.5. The Morgan fingerprint density at radius 2 is 2.31 bits per heavy atom. The van der Waals surface area contributed by atoms with Gasteiger partial charge in [-0.1, -0.05) is 5.57 Å². The van der Waals surface area contributed by atoms with Gasteiger partial charge in [0.2, 0.25) is 5.78 Å². The van der Waals surface area contributed by atoms with E-state index in [1.807, 2.05) is 26.8 Å². The number of ketones is 1. The van der Waals surface area contributed by atoms with Crippen LogP contribution in [0.5, 0.6) is 0 Å². The summed E-state index contributed by atoms with van der Waals surface area (Å²) in [5, 5.41) is 0. The number of rotatable bonds is 2. The van der Waals surface area contributed by atoms with Crippen molar-refractivity contribution in [3.05, 3.63) is 23.5 Å². The fourth-order valence-electron chi connectivity index (χ4n) is 1.26. The first-order valence-electron chi connectivity index (χ1n) is 4.65. The molecule has 0 saturated carbocycles. The molecule has 0 aromatic rings. The van der Waals surface area contributed by atoms with Crippen molar-refractivity contribution in [2.75, 3.05) is 0 Å². The van der Waals surface area contributed by atoms with Crippen molar-refractivity contribution in [1.29, 1.82) is 0 Å². The molecule has 0 fully saturated rings. The van der Waals surface area contributed by atoms with Gasteiger partial charge in [0.1, 0.15) is 0 Å². The summed E-state index contributed by atoms with van der Waals surface area (Å²) < 4.78 is 5.42. The van der Waals surface area contributed by atoms with Crippen LogP contribution in [-0.4, -0.2) is 11.9 Å². The van der Waals surface area contributed by atoms with Crippen LogP contribution < -0.4 is 0 Å². The monoisotopic (exact) mass is 180 g/mol. The number of ether oxygens (including phenoxy) is 1. The molecule has 0 saturated heterocycles. The number of carbonyl (C=O) groups excluding carboxylic acids is 1. The predicted molar refractivity (Wildman–Crippen MR) is 52.3 cm³/mol. The van der Waals surface area contributed by atoms with Gasteiger partial charge in [-0.2, -0.15) is 0 Å². The van der Waals surface area contributed by atoms with Crippen molar-refractivity contribution in [3.8, 4) is 0 Å². The van der Waals surface area contributed by atoms with E-state index in [-0.39, 0.29) is 11.9 Å². The average molecular weight is 180 g/mol. The molecule has 1 atom stereocenters. The van der Waals surface area contributed by atoms with Crippen molar-refractivity contribution < 1.29 is 9.53 Å². The summed E-state index contributed by atoms with van der Waals surface area (Å²) in [5.41, 5.74) is 1.01. The van der Waals surface area contributed by atoms with E-state index in [2.05, 4.69) is 0 Å². The number of carbonyl (C=O) groups is 1. The highest BCUT2D eigenvalue weighted by molar-refractivity contribution is 6.02. The molecule has 0 spiro atoms. The second-order valence-corrected chi connectivity index (χ2v) is 3.66.